The van der Waals surface area contributed by atoms with Crippen molar-refractivity contribution in [2.24, 2.45) is 0 Å². The summed E-state index contributed by atoms with van der Waals surface area (Å²) in [5, 5.41) is 0. The zero-order valence-corrected chi connectivity index (χ0v) is 14.1. The van der Waals surface area contributed by atoms with Gasteiger partial charge >= 0.3 is 0 Å². The van der Waals surface area contributed by atoms with Crippen LogP contribution in [0, 0.1) is 0 Å². The SMILES string of the molecule is CCOc1cc(C(=O)N2CCC(c3ccc(OC)cc3)C2)ccn1. The average molecular weight is 326 g/mol. The summed E-state index contributed by atoms with van der Waals surface area (Å²) in [7, 11) is 1.66. The molecule has 1 aromatic carbocycles. The van der Waals surface area contributed by atoms with Crippen molar-refractivity contribution in [1.29, 1.82) is 0 Å². The van der Waals surface area contributed by atoms with Crippen LogP contribution in [0.25, 0.3) is 0 Å². The number of aromatic nitrogens is 1. The van der Waals surface area contributed by atoms with E-state index in [-0.39, 0.29) is 5.91 Å². The lowest BCUT2D eigenvalue weighted by Crippen LogP contribution is -2.28. The van der Waals surface area contributed by atoms with Gasteiger partial charge in [-0.1, -0.05) is 12.1 Å². The Bertz CT molecular complexity index is 700. The molecule has 5 heteroatoms. The standard InChI is InChI=1S/C19H22N2O3/c1-3-24-18-12-15(8-10-20-18)19(22)21-11-9-16(13-21)14-4-6-17(23-2)7-5-14/h4-8,10,12,16H,3,9,11,13H2,1-2H3. The Morgan fingerprint density at radius 3 is 2.79 bits per heavy atom. The Morgan fingerprint density at radius 1 is 1.29 bits per heavy atom. The van der Waals surface area contributed by atoms with E-state index in [0.29, 0.717) is 24.0 Å². The number of pyridine rings is 1. The van der Waals surface area contributed by atoms with Gasteiger partial charge in [0.2, 0.25) is 5.88 Å². The van der Waals surface area contributed by atoms with Gasteiger partial charge in [-0.3, -0.25) is 4.79 Å². The minimum atomic E-state index is 0.0364. The molecule has 2 aromatic rings. The van der Waals surface area contributed by atoms with Crippen molar-refractivity contribution in [1.82, 2.24) is 9.88 Å². The Hall–Kier alpha value is -2.56. The molecule has 1 amide bonds. The van der Waals surface area contributed by atoms with E-state index in [1.54, 1.807) is 25.4 Å². The largest absolute Gasteiger partial charge is 0.497 e. The number of carbonyl (C=O) groups is 1. The van der Waals surface area contributed by atoms with E-state index in [1.807, 2.05) is 24.0 Å². The zero-order chi connectivity index (χ0) is 16.9. The van der Waals surface area contributed by atoms with Crippen molar-refractivity contribution in [3.8, 4) is 11.6 Å². The number of likely N-dealkylation sites (tertiary alicyclic amines) is 1. The molecule has 0 aliphatic carbocycles. The molecule has 0 radical (unpaired) electrons. The van der Waals surface area contributed by atoms with Gasteiger partial charge in [0.15, 0.2) is 0 Å². The molecule has 0 N–H and O–H groups in total. The second-order valence-corrected chi connectivity index (χ2v) is 5.83. The van der Waals surface area contributed by atoms with Gasteiger partial charge in [0.25, 0.3) is 5.91 Å². The quantitative estimate of drug-likeness (QED) is 0.847. The van der Waals surface area contributed by atoms with Gasteiger partial charge in [0.1, 0.15) is 5.75 Å². The fourth-order valence-corrected chi connectivity index (χ4v) is 3.04. The van der Waals surface area contributed by atoms with Crippen LogP contribution in [0.3, 0.4) is 0 Å². The summed E-state index contributed by atoms with van der Waals surface area (Å²) < 4.78 is 10.6. The third-order valence-corrected chi connectivity index (χ3v) is 4.34. The lowest BCUT2D eigenvalue weighted by Gasteiger charge is -2.17. The molecule has 1 saturated heterocycles. The van der Waals surface area contributed by atoms with Gasteiger partial charge in [0, 0.05) is 36.8 Å². The summed E-state index contributed by atoms with van der Waals surface area (Å²) in [6.45, 7) is 3.93. The predicted molar refractivity (Wildman–Crippen MR) is 91.7 cm³/mol. The molecule has 1 unspecified atom stereocenters. The number of nitrogens with zero attached hydrogens (tertiary/aromatic N) is 2. The van der Waals surface area contributed by atoms with Gasteiger partial charge in [-0.2, -0.15) is 0 Å². The first-order chi connectivity index (χ1) is 11.7. The molecule has 3 rings (SSSR count). The average Bonchev–Trinajstić information content (AvgIpc) is 3.12. The smallest absolute Gasteiger partial charge is 0.254 e. The van der Waals surface area contributed by atoms with Crippen LogP contribution in [0.5, 0.6) is 11.6 Å². The van der Waals surface area contributed by atoms with Crippen molar-refractivity contribution < 1.29 is 14.3 Å². The fourth-order valence-electron chi connectivity index (χ4n) is 3.04. The molecule has 1 aromatic heterocycles. The molecule has 1 fully saturated rings. The van der Waals surface area contributed by atoms with E-state index in [1.165, 1.54) is 5.56 Å². The van der Waals surface area contributed by atoms with Gasteiger partial charge in [-0.05, 0) is 37.1 Å². The maximum Gasteiger partial charge on any atom is 0.254 e. The molecular weight excluding hydrogens is 304 g/mol. The van der Waals surface area contributed by atoms with Gasteiger partial charge in [-0.15, -0.1) is 0 Å². The molecular formula is C19H22N2O3. The Labute approximate surface area is 142 Å². The minimum absolute atomic E-state index is 0.0364. The molecule has 24 heavy (non-hydrogen) atoms. The number of hydrogen-bond donors (Lipinski definition) is 0. The maximum atomic E-state index is 12.7. The topological polar surface area (TPSA) is 51.7 Å². The molecule has 5 nitrogen and oxygen atoms in total. The first-order valence-corrected chi connectivity index (χ1v) is 8.23. The highest BCUT2D eigenvalue weighted by atomic mass is 16.5. The number of ether oxygens (including phenoxy) is 2. The van der Waals surface area contributed by atoms with Crippen LogP contribution < -0.4 is 9.47 Å². The number of carbonyl (C=O) groups excluding carboxylic acids is 1. The summed E-state index contributed by atoms with van der Waals surface area (Å²) in [6, 6.07) is 11.6. The van der Waals surface area contributed by atoms with E-state index in [4.69, 9.17) is 9.47 Å². The third kappa shape index (κ3) is 3.50. The van der Waals surface area contributed by atoms with E-state index < -0.39 is 0 Å². The second-order valence-electron chi connectivity index (χ2n) is 5.83. The van der Waals surface area contributed by atoms with Crippen LogP contribution in [0.1, 0.15) is 35.2 Å². The highest BCUT2D eigenvalue weighted by molar-refractivity contribution is 5.94. The Balaban J connectivity index is 1.68. The second kappa shape index (κ2) is 7.34. The van der Waals surface area contributed by atoms with Gasteiger partial charge in [-0.25, -0.2) is 4.98 Å². The fraction of sp³-hybridized carbons (Fsp3) is 0.368. The monoisotopic (exact) mass is 326 g/mol. The predicted octanol–water partition coefficient (Wildman–Crippen LogP) is 3.12. The summed E-state index contributed by atoms with van der Waals surface area (Å²) in [5.41, 5.74) is 1.87. The van der Waals surface area contributed by atoms with Crippen LogP contribution in [0.4, 0.5) is 0 Å². The molecule has 1 atom stereocenters. The van der Waals surface area contributed by atoms with Crippen LogP contribution >= 0.6 is 0 Å². The molecule has 2 heterocycles. The zero-order valence-electron chi connectivity index (χ0n) is 14.1. The van der Waals surface area contributed by atoms with Crippen LogP contribution in [0.15, 0.2) is 42.6 Å². The Kier molecular flexibility index (Phi) is 4.99. The number of methoxy groups -OCH3 is 1. The summed E-state index contributed by atoms with van der Waals surface area (Å²) in [4.78, 5) is 18.7. The summed E-state index contributed by atoms with van der Waals surface area (Å²) >= 11 is 0. The third-order valence-electron chi connectivity index (χ3n) is 4.34. The van der Waals surface area contributed by atoms with Crippen molar-refractivity contribution in [3.63, 3.8) is 0 Å². The number of benzene rings is 1. The maximum absolute atomic E-state index is 12.7. The van der Waals surface area contributed by atoms with E-state index in [0.717, 1.165) is 25.3 Å². The lowest BCUT2D eigenvalue weighted by molar-refractivity contribution is 0.0790. The molecule has 0 saturated carbocycles. The van der Waals surface area contributed by atoms with Crippen LogP contribution in [-0.4, -0.2) is 42.6 Å². The normalized spacial score (nSPS) is 16.9. The summed E-state index contributed by atoms with van der Waals surface area (Å²) in [5.74, 6) is 1.75. The van der Waals surface area contributed by atoms with Crippen molar-refractivity contribution in [3.05, 3.63) is 53.7 Å². The van der Waals surface area contributed by atoms with E-state index in [2.05, 4.69) is 17.1 Å². The van der Waals surface area contributed by atoms with Crippen LogP contribution in [0.2, 0.25) is 0 Å². The first-order valence-electron chi connectivity index (χ1n) is 8.23. The highest BCUT2D eigenvalue weighted by Gasteiger charge is 2.28. The number of hydrogen-bond acceptors (Lipinski definition) is 4. The summed E-state index contributed by atoms with van der Waals surface area (Å²) in [6.07, 6.45) is 2.59. The van der Waals surface area contributed by atoms with E-state index >= 15 is 0 Å². The van der Waals surface area contributed by atoms with E-state index in [9.17, 15) is 4.79 Å². The molecule has 0 bridgehead atoms. The Morgan fingerprint density at radius 2 is 2.08 bits per heavy atom. The lowest BCUT2D eigenvalue weighted by atomic mass is 9.98. The highest BCUT2D eigenvalue weighted by Crippen LogP contribution is 2.29. The molecule has 126 valence electrons. The van der Waals surface area contributed by atoms with Crippen molar-refractivity contribution in [2.75, 3.05) is 26.8 Å². The number of rotatable bonds is 5. The first kappa shape index (κ1) is 16.3. The molecule has 1 aliphatic heterocycles. The molecule has 1 aliphatic rings. The van der Waals surface area contributed by atoms with Gasteiger partial charge < -0.3 is 14.4 Å². The molecule has 0 spiro atoms. The van der Waals surface area contributed by atoms with Gasteiger partial charge in [0.05, 0.1) is 13.7 Å². The minimum Gasteiger partial charge on any atom is -0.497 e. The van der Waals surface area contributed by atoms with Crippen molar-refractivity contribution >= 4 is 5.91 Å². The van der Waals surface area contributed by atoms with Crippen LogP contribution in [-0.2, 0) is 0 Å². The number of amides is 1. The van der Waals surface area contributed by atoms with Crippen molar-refractivity contribution in [2.45, 2.75) is 19.3 Å².